The van der Waals surface area contributed by atoms with E-state index in [9.17, 15) is 4.79 Å². The maximum atomic E-state index is 12.9. The van der Waals surface area contributed by atoms with E-state index in [1.807, 2.05) is 18.2 Å². The van der Waals surface area contributed by atoms with Gasteiger partial charge in [-0.1, -0.05) is 17.7 Å². The summed E-state index contributed by atoms with van der Waals surface area (Å²) in [6.45, 7) is 4.34. The molecule has 1 fully saturated rings. The molecule has 0 saturated carbocycles. The zero-order chi connectivity index (χ0) is 23.0. The molecule has 1 aliphatic rings. The van der Waals surface area contributed by atoms with Crippen LogP contribution in [0.5, 0.6) is 5.75 Å². The highest BCUT2D eigenvalue weighted by molar-refractivity contribution is 9.10. The molecule has 0 radical (unpaired) electrons. The smallest absolute Gasteiger partial charge is 0.256 e. The highest BCUT2D eigenvalue weighted by Gasteiger charge is 2.16. The van der Waals surface area contributed by atoms with Crippen LogP contribution in [-0.2, 0) is 13.0 Å². The number of anilines is 1. The van der Waals surface area contributed by atoms with E-state index in [0.29, 0.717) is 45.4 Å². The lowest BCUT2D eigenvalue weighted by molar-refractivity contribution is 0.102. The number of nitrogens with zero attached hydrogens (tertiary/aromatic N) is 1. The van der Waals surface area contributed by atoms with Crippen molar-refractivity contribution in [2.45, 2.75) is 19.4 Å². The second-order valence-electron chi connectivity index (χ2n) is 8.07. The summed E-state index contributed by atoms with van der Waals surface area (Å²) in [6.07, 6.45) is 5.33. The van der Waals surface area contributed by atoms with Gasteiger partial charge in [-0.3, -0.25) is 4.79 Å². The number of benzene rings is 2. The van der Waals surface area contributed by atoms with Crippen molar-refractivity contribution < 1.29 is 9.53 Å². The predicted octanol–water partition coefficient (Wildman–Crippen LogP) is 4.40. The molecule has 1 aliphatic heterocycles. The van der Waals surface area contributed by atoms with Crippen LogP contribution in [0.15, 0.2) is 53.4 Å². The van der Waals surface area contributed by atoms with Crippen molar-refractivity contribution in [2.75, 3.05) is 31.6 Å². The Morgan fingerprint density at radius 3 is 2.94 bits per heavy atom. The summed E-state index contributed by atoms with van der Waals surface area (Å²) < 4.78 is 6.72. The van der Waals surface area contributed by atoms with Gasteiger partial charge in [0.2, 0.25) is 0 Å². The summed E-state index contributed by atoms with van der Waals surface area (Å²) in [7, 11) is 0. The van der Waals surface area contributed by atoms with E-state index < -0.39 is 0 Å². The minimum Gasteiger partial charge on any atom is -0.491 e. The van der Waals surface area contributed by atoms with E-state index in [4.69, 9.17) is 16.3 Å². The molecule has 7 nitrogen and oxygen atoms in total. The number of carbonyl (C=O) groups excluding carboxylic acids is 1. The minimum atomic E-state index is -0.239. The average Bonchev–Trinajstić information content (AvgIpc) is 3.50. The first-order chi connectivity index (χ1) is 16.1. The molecule has 33 heavy (non-hydrogen) atoms. The summed E-state index contributed by atoms with van der Waals surface area (Å²) in [5.74, 6) is 1.07. The van der Waals surface area contributed by atoms with Gasteiger partial charge in [-0.05, 0) is 83.8 Å². The van der Waals surface area contributed by atoms with Crippen molar-refractivity contribution in [1.82, 2.24) is 20.6 Å². The summed E-state index contributed by atoms with van der Waals surface area (Å²) >= 11 is 9.42. The number of imidazole rings is 1. The Morgan fingerprint density at radius 2 is 2.18 bits per heavy atom. The third kappa shape index (κ3) is 6.80. The number of rotatable bonds is 10. The van der Waals surface area contributed by atoms with Crippen LogP contribution >= 0.6 is 27.5 Å². The van der Waals surface area contributed by atoms with Crippen molar-refractivity contribution in [1.29, 1.82) is 0 Å². The van der Waals surface area contributed by atoms with Gasteiger partial charge in [-0.2, -0.15) is 0 Å². The fourth-order valence-electron chi connectivity index (χ4n) is 3.76. The van der Waals surface area contributed by atoms with Gasteiger partial charge in [0.05, 0.1) is 24.2 Å². The van der Waals surface area contributed by atoms with Crippen LogP contribution in [0, 0.1) is 5.92 Å². The molecule has 2 aromatic carbocycles. The van der Waals surface area contributed by atoms with Crippen LogP contribution in [0.2, 0.25) is 5.02 Å². The molecular weight excluding hydrogens is 506 g/mol. The molecule has 0 bridgehead atoms. The molecular formula is C24H27BrClN5O2. The molecule has 1 amide bonds. The number of halogens is 2. The third-order valence-corrected chi connectivity index (χ3v) is 6.47. The molecule has 4 N–H and O–H groups in total. The Morgan fingerprint density at radius 1 is 1.27 bits per heavy atom. The van der Waals surface area contributed by atoms with E-state index in [0.717, 1.165) is 37.4 Å². The van der Waals surface area contributed by atoms with E-state index in [-0.39, 0.29) is 5.91 Å². The largest absolute Gasteiger partial charge is 0.491 e. The number of aromatic nitrogens is 2. The molecule has 174 valence electrons. The normalized spacial score (nSPS) is 15.5. The van der Waals surface area contributed by atoms with E-state index in [2.05, 4.69) is 41.8 Å². The van der Waals surface area contributed by atoms with E-state index in [1.54, 1.807) is 30.7 Å². The molecule has 1 unspecified atom stereocenters. The van der Waals surface area contributed by atoms with Crippen LogP contribution in [-0.4, -0.2) is 42.1 Å². The van der Waals surface area contributed by atoms with E-state index >= 15 is 0 Å². The number of H-pyrrole nitrogens is 1. The highest BCUT2D eigenvalue weighted by Crippen LogP contribution is 2.29. The van der Waals surface area contributed by atoms with Crippen molar-refractivity contribution in [3.8, 4) is 5.75 Å². The average molecular weight is 533 g/mol. The zero-order valence-corrected chi connectivity index (χ0v) is 20.5. The van der Waals surface area contributed by atoms with Crippen LogP contribution in [0.1, 0.15) is 28.0 Å². The van der Waals surface area contributed by atoms with Crippen LogP contribution in [0.25, 0.3) is 0 Å². The fourth-order valence-corrected chi connectivity index (χ4v) is 4.63. The molecule has 1 aromatic heterocycles. The first-order valence-electron chi connectivity index (χ1n) is 11.0. The number of carbonyl (C=O) groups is 1. The summed E-state index contributed by atoms with van der Waals surface area (Å²) in [4.78, 5) is 20.0. The number of aromatic amines is 1. The van der Waals surface area contributed by atoms with Crippen molar-refractivity contribution in [3.63, 3.8) is 0 Å². The Hall–Kier alpha value is -2.39. The number of hydrogen-bond acceptors (Lipinski definition) is 5. The Balaban J connectivity index is 1.45. The van der Waals surface area contributed by atoms with Crippen molar-refractivity contribution in [3.05, 3.63) is 75.2 Å². The SMILES string of the molecule is O=C(Nc1ccc(CNCC2CCNC2)cc1OCCc1cnc[nH]1)c1ccc(Cl)cc1Br. The van der Waals surface area contributed by atoms with E-state index in [1.165, 1.54) is 6.42 Å². The molecule has 3 aromatic rings. The molecule has 4 rings (SSSR count). The molecule has 1 atom stereocenters. The molecule has 2 heterocycles. The maximum absolute atomic E-state index is 12.9. The maximum Gasteiger partial charge on any atom is 0.256 e. The Kier molecular flexibility index (Phi) is 8.39. The Bertz CT molecular complexity index is 1070. The van der Waals surface area contributed by atoms with Gasteiger partial charge in [0.1, 0.15) is 5.75 Å². The lowest BCUT2D eigenvalue weighted by atomic mass is 10.1. The van der Waals surface area contributed by atoms with Gasteiger partial charge in [-0.25, -0.2) is 4.98 Å². The summed E-state index contributed by atoms with van der Waals surface area (Å²) in [6, 6.07) is 11.0. The minimum absolute atomic E-state index is 0.239. The van der Waals surface area contributed by atoms with Crippen LogP contribution in [0.4, 0.5) is 5.69 Å². The predicted molar refractivity (Wildman–Crippen MR) is 134 cm³/mol. The van der Waals surface area contributed by atoms with Gasteiger partial charge in [0, 0.05) is 34.4 Å². The van der Waals surface area contributed by atoms with Gasteiger partial charge in [0.25, 0.3) is 5.91 Å². The second kappa shape index (κ2) is 11.7. The second-order valence-corrected chi connectivity index (χ2v) is 9.36. The number of nitrogens with one attached hydrogen (secondary N) is 4. The first-order valence-corrected chi connectivity index (χ1v) is 12.2. The third-order valence-electron chi connectivity index (χ3n) is 5.58. The van der Waals surface area contributed by atoms with Crippen LogP contribution in [0.3, 0.4) is 0 Å². The number of hydrogen-bond donors (Lipinski definition) is 4. The monoisotopic (exact) mass is 531 g/mol. The fraction of sp³-hybridized carbons (Fsp3) is 0.333. The quantitative estimate of drug-likeness (QED) is 0.311. The lowest BCUT2D eigenvalue weighted by Gasteiger charge is -2.16. The topological polar surface area (TPSA) is 91.1 Å². The Labute approximate surface area is 206 Å². The van der Waals surface area contributed by atoms with Gasteiger partial charge < -0.3 is 25.7 Å². The zero-order valence-electron chi connectivity index (χ0n) is 18.2. The van der Waals surface area contributed by atoms with Gasteiger partial charge in [-0.15, -0.1) is 0 Å². The lowest BCUT2D eigenvalue weighted by Crippen LogP contribution is -2.24. The van der Waals surface area contributed by atoms with Gasteiger partial charge in [0.15, 0.2) is 0 Å². The summed E-state index contributed by atoms with van der Waals surface area (Å²) in [5, 5.41) is 10.5. The number of amides is 1. The van der Waals surface area contributed by atoms with Crippen LogP contribution < -0.4 is 20.7 Å². The van der Waals surface area contributed by atoms with Crippen molar-refractivity contribution >= 4 is 39.1 Å². The highest BCUT2D eigenvalue weighted by atomic mass is 79.9. The van der Waals surface area contributed by atoms with Gasteiger partial charge >= 0.3 is 0 Å². The molecule has 1 saturated heterocycles. The standard InChI is InChI=1S/C24H27BrClN5O2/c25-21-10-18(26)2-3-20(21)24(32)31-22-4-1-16(11-28-13-17-5-7-27-12-17)9-23(22)33-8-6-19-14-29-15-30-19/h1-4,9-10,14-15,17,27-28H,5-8,11-13H2,(H,29,30)(H,31,32). The summed E-state index contributed by atoms with van der Waals surface area (Å²) in [5.41, 5.74) is 3.21. The molecule has 0 spiro atoms. The number of ether oxygens (including phenoxy) is 1. The first kappa shape index (κ1) is 23.8. The molecule has 9 heteroatoms. The molecule has 0 aliphatic carbocycles. The van der Waals surface area contributed by atoms with Crippen molar-refractivity contribution in [2.24, 2.45) is 5.92 Å².